The van der Waals surface area contributed by atoms with E-state index in [1.165, 1.54) is 51.4 Å². The van der Waals surface area contributed by atoms with Gasteiger partial charge < -0.3 is 9.84 Å². The molecule has 0 rings (SSSR count). The van der Waals surface area contributed by atoms with Crippen molar-refractivity contribution < 1.29 is 14.6 Å². The molecule has 18 heavy (non-hydrogen) atoms. The lowest BCUT2D eigenvalue weighted by Gasteiger charge is -2.03. The second-order valence-electron chi connectivity index (χ2n) is 4.28. The van der Waals surface area contributed by atoms with E-state index in [0.717, 1.165) is 19.3 Å². The van der Waals surface area contributed by atoms with Crippen LogP contribution in [0.5, 0.6) is 0 Å². The van der Waals surface area contributed by atoms with Gasteiger partial charge in [-0.3, -0.25) is 0 Å². The fourth-order valence-electron chi connectivity index (χ4n) is 1.36. The third kappa shape index (κ3) is 24.4. The molecule has 0 amide bonds. The monoisotopic (exact) mass is 258 g/mol. The van der Waals surface area contributed by atoms with Crippen molar-refractivity contribution >= 4 is 5.97 Å². The number of hydrogen-bond acceptors (Lipinski definition) is 2. The van der Waals surface area contributed by atoms with E-state index in [-0.39, 0.29) is 0 Å². The summed E-state index contributed by atoms with van der Waals surface area (Å²) in [5, 5.41) is 7.60. The average Bonchev–Trinajstić information content (AvgIpc) is 2.37. The fourth-order valence-corrected chi connectivity index (χ4v) is 1.36. The Kier molecular flexibility index (Phi) is 20.1. The molecule has 0 aliphatic rings. The lowest BCUT2D eigenvalue weighted by molar-refractivity contribution is -0.131. The highest BCUT2D eigenvalue weighted by Gasteiger charge is 1.90. The van der Waals surface area contributed by atoms with Crippen LogP contribution in [0, 0.1) is 0 Å². The van der Waals surface area contributed by atoms with Gasteiger partial charge in [0, 0.05) is 19.3 Å². The Morgan fingerprint density at radius 3 is 1.67 bits per heavy atom. The molecule has 0 aromatic heterocycles. The van der Waals surface area contributed by atoms with Crippen LogP contribution >= 0.6 is 0 Å². The number of aliphatic carboxylic acids is 1. The lowest BCUT2D eigenvalue weighted by atomic mass is 10.2. The maximum absolute atomic E-state index is 9.25. The highest BCUT2D eigenvalue weighted by molar-refractivity contribution is 5.78. The Hall–Kier alpha value is -0.830. The minimum Gasteiger partial charge on any atom is -0.478 e. The highest BCUT2D eigenvalue weighted by atomic mass is 16.5. The minimum atomic E-state index is -0.981. The molecule has 3 heteroatoms. The van der Waals surface area contributed by atoms with E-state index in [2.05, 4.69) is 20.4 Å². The zero-order valence-corrected chi connectivity index (χ0v) is 12.1. The van der Waals surface area contributed by atoms with Crippen molar-refractivity contribution in [2.45, 2.75) is 65.2 Å². The molecule has 0 unspecified atom stereocenters. The Morgan fingerprint density at radius 2 is 1.39 bits per heavy atom. The Balaban J connectivity index is 0. The standard InChI is InChI=1S/C12H26O.C3H4O2/c1-3-5-7-9-11-13-12-10-8-6-4-2;1-2-3(4)5/h3-12H2,1-2H3;2H,1H2,(H,4,5). The van der Waals surface area contributed by atoms with E-state index >= 15 is 0 Å². The number of carboxylic acid groups (broad SMARTS) is 1. The third-order valence-electron chi connectivity index (χ3n) is 2.46. The predicted octanol–water partition coefficient (Wildman–Crippen LogP) is 4.42. The van der Waals surface area contributed by atoms with Gasteiger partial charge in [-0.2, -0.15) is 0 Å². The summed E-state index contributed by atoms with van der Waals surface area (Å²) in [5.74, 6) is -0.981. The molecule has 0 bridgehead atoms. The van der Waals surface area contributed by atoms with Gasteiger partial charge in [0.1, 0.15) is 0 Å². The van der Waals surface area contributed by atoms with Gasteiger partial charge in [0.25, 0.3) is 0 Å². The van der Waals surface area contributed by atoms with Crippen LogP contribution in [0.1, 0.15) is 65.2 Å². The van der Waals surface area contributed by atoms with Crippen molar-refractivity contribution in [2.24, 2.45) is 0 Å². The van der Waals surface area contributed by atoms with E-state index < -0.39 is 5.97 Å². The smallest absolute Gasteiger partial charge is 0.327 e. The van der Waals surface area contributed by atoms with Crippen LogP contribution in [0.15, 0.2) is 12.7 Å². The number of unbranched alkanes of at least 4 members (excludes halogenated alkanes) is 6. The summed E-state index contributed by atoms with van der Waals surface area (Å²) in [6.07, 6.45) is 11.4. The van der Waals surface area contributed by atoms with E-state index in [0.29, 0.717) is 0 Å². The topological polar surface area (TPSA) is 46.5 Å². The second-order valence-corrected chi connectivity index (χ2v) is 4.28. The summed E-state index contributed by atoms with van der Waals surface area (Å²) in [5.41, 5.74) is 0. The molecule has 3 nitrogen and oxygen atoms in total. The molecule has 0 spiro atoms. The molecule has 1 N–H and O–H groups in total. The van der Waals surface area contributed by atoms with Crippen LogP contribution in [-0.4, -0.2) is 24.3 Å². The SMILES string of the molecule is C=CC(=O)O.CCCCCCOCCCCCC. The van der Waals surface area contributed by atoms with Gasteiger partial charge in [0.05, 0.1) is 0 Å². The summed E-state index contributed by atoms with van der Waals surface area (Å²) >= 11 is 0. The number of carboxylic acids is 1. The van der Waals surface area contributed by atoms with Gasteiger partial charge in [-0.25, -0.2) is 4.79 Å². The van der Waals surface area contributed by atoms with Crippen molar-refractivity contribution in [1.29, 1.82) is 0 Å². The average molecular weight is 258 g/mol. The summed E-state index contributed by atoms with van der Waals surface area (Å²) < 4.78 is 5.53. The van der Waals surface area contributed by atoms with Crippen molar-refractivity contribution in [2.75, 3.05) is 13.2 Å². The molecule has 0 aromatic rings. The Morgan fingerprint density at radius 1 is 1.00 bits per heavy atom. The van der Waals surface area contributed by atoms with Crippen LogP contribution in [0.2, 0.25) is 0 Å². The molecule has 0 atom stereocenters. The van der Waals surface area contributed by atoms with Crippen molar-refractivity contribution in [3.05, 3.63) is 12.7 Å². The first-order chi connectivity index (χ1) is 8.68. The van der Waals surface area contributed by atoms with Crippen LogP contribution in [0.3, 0.4) is 0 Å². The molecule has 0 saturated heterocycles. The van der Waals surface area contributed by atoms with Crippen LogP contribution in [-0.2, 0) is 9.53 Å². The summed E-state index contributed by atoms with van der Waals surface area (Å²) in [6, 6.07) is 0. The van der Waals surface area contributed by atoms with Crippen molar-refractivity contribution in [3.8, 4) is 0 Å². The molecule has 0 aliphatic carbocycles. The molecule has 0 saturated carbocycles. The second kappa shape index (κ2) is 18.5. The van der Waals surface area contributed by atoms with Gasteiger partial charge in [-0.15, -0.1) is 0 Å². The number of carbonyl (C=O) groups is 1. The molecular formula is C15H30O3. The maximum atomic E-state index is 9.25. The first-order valence-corrected chi connectivity index (χ1v) is 7.12. The first-order valence-electron chi connectivity index (χ1n) is 7.12. The molecule has 0 heterocycles. The molecule has 0 aliphatic heterocycles. The normalized spacial score (nSPS) is 9.44. The van der Waals surface area contributed by atoms with Gasteiger partial charge >= 0.3 is 5.97 Å². The number of rotatable bonds is 11. The first kappa shape index (κ1) is 19.5. The molecule has 0 fully saturated rings. The molecular weight excluding hydrogens is 228 g/mol. The fraction of sp³-hybridized carbons (Fsp3) is 0.800. The summed E-state index contributed by atoms with van der Waals surface area (Å²) in [7, 11) is 0. The van der Waals surface area contributed by atoms with Gasteiger partial charge in [-0.05, 0) is 12.8 Å². The molecule has 108 valence electrons. The lowest BCUT2D eigenvalue weighted by Crippen LogP contribution is -1.96. The summed E-state index contributed by atoms with van der Waals surface area (Å²) in [4.78, 5) is 9.25. The maximum Gasteiger partial charge on any atom is 0.327 e. The Bertz CT molecular complexity index is 169. The number of ether oxygens (including phenoxy) is 1. The van der Waals surface area contributed by atoms with Crippen LogP contribution in [0.4, 0.5) is 0 Å². The minimum absolute atomic E-state index is 0.833. The molecule has 0 aromatic carbocycles. The predicted molar refractivity (Wildman–Crippen MR) is 76.9 cm³/mol. The van der Waals surface area contributed by atoms with Crippen LogP contribution < -0.4 is 0 Å². The summed E-state index contributed by atoms with van der Waals surface area (Å²) in [6.45, 7) is 9.40. The largest absolute Gasteiger partial charge is 0.478 e. The van der Waals surface area contributed by atoms with Crippen molar-refractivity contribution in [1.82, 2.24) is 0 Å². The van der Waals surface area contributed by atoms with Gasteiger partial charge in [0.15, 0.2) is 0 Å². The Labute approximate surface area is 112 Å². The van der Waals surface area contributed by atoms with E-state index in [1.54, 1.807) is 0 Å². The van der Waals surface area contributed by atoms with E-state index in [4.69, 9.17) is 9.84 Å². The third-order valence-corrected chi connectivity index (χ3v) is 2.46. The quantitative estimate of drug-likeness (QED) is 0.441. The highest BCUT2D eigenvalue weighted by Crippen LogP contribution is 2.01. The van der Waals surface area contributed by atoms with Gasteiger partial charge in [-0.1, -0.05) is 59.0 Å². The van der Waals surface area contributed by atoms with Crippen LogP contribution in [0.25, 0.3) is 0 Å². The molecule has 0 radical (unpaired) electrons. The van der Waals surface area contributed by atoms with E-state index in [1.807, 2.05) is 0 Å². The van der Waals surface area contributed by atoms with Gasteiger partial charge in [0.2, 0.25) is 0 Å². The zero-order chi connectivity index (χ0) is 14.1. The number of hydrogen-bond donors (Lipinski definition) is 1. The van der Waals surface area contributed by atoms with Crippen molar-refractivity contribution in [3.63, 3.8) is 0 Å². The zero-order valence-electron chi connectivity index (χ0n) is 12.1. The van der Waals surface area contributed by atoms with E-state index in [9.17, 15) is 4.79 Å².